The summed E-state index contributed by atoms with van der Waals surface area (Å²) in [5, 5.41) is 0. The number of aromatic nitrogens is 2. The maximum absolute atomic E-state index is 13.4. The molecule has 0 aliphatic carbocycles. The van der Waals surface area contributed by atoms with Crippen LogP contribution in [0, 0.1) is 5.82 Å². The minimum Gasteiger partial charge on any atom is -0.455 e. The van der Waals surface area contributed by atoms with Crippen LogP contribution in [0.2, 0.25) is 0 Å². The number of hydrogen-bond donors (Lipinski definition) is 0. The quantitative estimate of drug-likeness (QED) is 0.581. The number of carbonyl (C=O) groups is 1. The summed E-state index contributed by atoms with van der Waals surface area (Å²) in [5.41, 5.74) is -1.80. The zero-order chi connectivity index (χ0) is 20.7. The van der Waals surface area contributed by atoms with Crippen molar-refractivity contribution in [1.82, 2.24) is 9.55 Å². The Bertz CT molecular complexity index is 940. The van der Waals surface area contributed by atoms with Gasteiger partial charge >= 0.3 is 12.1 Å². The Balaban J connectivity index is 2.09. The molecule has 0 N–H and O–H groups in total. The highest BCUT2D eigenvalue weighted by Gasteiger charge is 2.35. The topological polar surface area (TPSA) is 56.5 Å². The van der Waals surface area contributed by atoms with E-state index in [4.69, 9.17) is 4.74 Å². The molecule has 3 rings (SSSR count). The number of esters is 1. The molecule has 150 valence electrons. The summed E-state index contributed by atoms with van der Waals surface area (Å²) in [4.78, 5) is 20.9. The van der Waals surface area contributed by atoms with E-state index >= 15 is 0 Å². The van der Waals surface area contributed by atoms with Gasteiger partial charge in [-0.2, -0.15) is 13.2 Å². The van der Waals surface area contributed by atoms with Crippen LogP contribution in [0.4, 0.5) is 17.6 Å². The van der Waals surface area contributed by atoms with Crippen LogP contribution >= 0.6 is 0 Å². The van der Waals surface area contributed by atoms with E-state index in [0.29, 0.717) is 25.0 Å². The van der Waals surface area contributed by atoms with E-state index in [2.05, 4.69) is 9.98 Å². The molecule has 0 fully saturated rings. The number of aliphatic imine (C=N–C) groups is 1. The lowest BCUT2D eigenvalue weighted by Gasteiger charge is -2.20. The third-order valence-corrected chi connectivity index (χ3v) is 4.09. The zero-order valence-corrected chi connectivity index (χ0v) is 15.6. The van der Waals surface area contributed by atoms with Crippen molar-refractivity contribution >= 4 is 12.2 Å². The number of hydrogen-bond acceptors (Lipinski definition) is 4. The Morgan fingerprint density at radius 3 is 2.61 bits per heavy atom. The first-order chi connectivity index (χ1) is 13.0. The molecule has 2 heterocycles. The summed E-state index contributed by atoms with van der Waals surface area (Å²) < 4.78 is 60.5. The maximum Gasteiger partial charge on any atom is 0.416 e. The Morgan fingerprint density at radius 2 is 1.96 bits per heavy atom. The lowest BCUT2D eigenvalue weighted by atomic mass is 10.0. The largest absolute Gasteiger partial charge is 0.455 e. The summed E-state index contributed by atoms with van der Waals surface area (Å²) in [6.07, 6.45) is -3.50. The fourth-order valence-electron chi connectivity index (χ4n) is 2.97. The van der Waals surface area contributed by atoms with E-state index in [9.17, 15) is 22.4 Å². The van der Waals surface area contributed by atoms with E-state index in [0.717, 1.165) is 12.1 Å². The standard InChI is InChI=1S/C19H19F4N3O2/c1-18(2,3)28-17(27)16-14(26-7-6-24-10-15(26)25-16)8-11-4-5-12(20)9-13(11)19(21,22)23/h4-5,9-10H,6-8H2,1-3H3. The van der Waals surface area contributed by atoms with Crippen molar-refractivity contribution in [3.05, 3.63) is 52.4 Å². The van der Waals surface area contributed by atoms with Crippen molar-refractivity contribution in [3.63, 3.8) is 0 Å². The average Bonchev–Trinajstić information content (AvgIpc) is 2.93. The van der Waals surface area contributed by atoms with Crippen LogP contribution in [0.25, 0.3) is 0 Å². The van der Waals surface area contributed by atoms with Crippen molar-refractivity contribution in [3.8, 4) is 0 Å². The molecule has 1 aliphatic heterocycles. The monoisotopic (exact) mass is 397 g/mol. The van der Waals surface area contributed by atoms with Gasteiger partial charge < -0.3 is 9.30 Å². The lowest BCUT2D eigenvalue weighted by Crippen LogP contribution is -2.25. The Labute approximate surface area is 159 Å². The van der Waals surface area contributed by atoms with E-state index in [1.807, 2.05) is 0 Å². The molecule has 0 bridgehead atoms. The van der Waals surface area contributed by atoms with Crippen LogP contribution in [-0.2, 0) is 23.9 Å². The van der Waals surface area contributed by atoms with Gasteiger partial charge in [-0.3, -0.25) is 4.99 Å². The highest BCUT2D eigenvalue weighted by atomic mass is 19.4. The van der Waals surface area contributed by atoms with Crippen LogP contribution in [0.1, 0.15) is 53.9 Å². The molecule has 28 heavy (non-hydrogen) atoms. The molecule has 0 amide bonds. The number of imidazole rings is 1. The van der Waals surface area contributed by atoms with Gasteiger partial charge in [-0.15, -0.1) is 0 Å². The van der Waals surface area contributed by atoms with Crippen LogP contribution in [0.3, 0.4) is 0 Å². The molecular weight excluding hydrogens is 378 g/mol. The fraction of sp³-hybridized carbons (Fsp3) is 0.421. The first-order valence-corrected chi connectivity index (χ1v) is 8.64. The molecule has 1 aliphatic rings. The van der Waals surface area contributed by atoms with Gasteiger partial charge in [0.1, 0.15) is 11.4 Å². The maximum atomic E-state index is 13.4. The van der Waals surface area contributed by atoms with Gasteiger partial charge in [0, 0.05) is 13.0 Å². The summed E-state index contributed by atoms with van der Waals surface area (Å²) in [5.74, 6) is -1.34. The summed E-state index contributed by atoms with van der Waals surface area (Å²) in [7, 11) is 0. The molecule has 2 aromatic rings. The number of ether oxygens (including phenoxy) is 1. The minimum atomic E-state index is -4.73. The molecule has 0 saturated carbocycles. The molecule has 0 spiro atoms. The number of alkyl halides is 3. The number of halogens is 4. The second-order valence-electron chi connectivity index (χ2n) is 7.43. The fourth-order valence-corrected chi connectivity index (χ4v) is 2.97. The van der Waals surface area contributed by atoms with E-state index in [1.165, 1.54) is 6.21 Å². The smallest absolute Gasteiger partial charge is 0.416 e. The zero-order valence-electron chi connectivity index (χ0n) is 15.6. The summed E-state index contributed by atoms with van der Waals surface area (Å²) >= 11 is 0. The van der Waals surface area contributed by atoms with Gasteiger partial charge in [0.25, 0.3) is 0 Å². The van der Waals surface area contributed by atoms with Gasteiger partial charge in [-0.25, -0.2) is 14.2 Å². The summed E-state index contributed by atoms with van der Waals surface area (Å²) in [6.45, 7) is 5.84. The van der Waals surface area contributed by atoms with Crippen molar-refractivity contribution in [2.24, 2.45) is 4.99 Å². The van der Waals surface area contributed by atoms with Crippen LogP contribution in [-0.4, -0.2) is 33.9 Å². The normalized spacial score (nSPS) is 14.1. The molecule has 0 unspecified atom stereocenters. The molecule has 0 atom stereocenters. The van der Waals surface area contributed by atoms with Crippen LogP contribution < -0.4 is 0 Å². The van der Waals surface area contributed by atoms with Gasteiger partial charge in [0.15, 0.2) is 11.5 Å². The van der Waals surface area contributed by atoms with Crippen molar-refractivity contribution in [2.75, 3.05) is 6.54 Å². The van der Waals surface area contributed by atoms with E-state index in [-0.39, 0.29) is 23.4 Å². The molecule has 5 nitrogen and oxygen atoms in total. The third-order valence-electron chi connectivity index (χ3n) is 4.09. The molecule has 0 saturated heterocycles. The molecule has 9 heteroatoms. The van der Waals surface area contributed by atoms with Crippen molar-refractivity contribution < 1.29 is 27.1 Å². The second kappa shape index (κ2) is 7.03. The first kappa shape index (κ1) is 20.0. The van der Waals surface area contributed by atoms with E-state index in [1.54, 1.807) is 25.3 Å². The van der Waals surface area contributed by atoms with Crippen LogP contribution in [0.5, 0.6) is 0 Å². The minimum absolute atomic E-state index is 0.0595. The van der Waals surface area contributed by atoms with E-state index < -0.39 is 29.1 Å². The predicted molar refractivity (Wildman–Crippen MR) is 94.1 cm³/mol. The summed E-state index contributed by atoms with van der Waals surface area (Å²) in [6, 6.07) is 2.50. The van der Waals surface area contributed by atoms with Gasteiger partial charge in [0.2, 0.25) is 0 Å². The molecule has 1 aromatic carbocycles. The SMILES string of the molecule is CC(C)(C)OC(=O)c1nc2n(c1Cc1ccc(F)cc1C(F)(F)F)CCN=C2. The Hall–Kier alpha value is -2.71. The van der Waals surface area contributed by atoms with Gasteiger partial charge in [0.05, 0.1) is 24.0 Å². The highest BCUT2D eigenvalue weighted by molar-refractivity contribution is 5.91. The molecule has 1 aromatic heterocycles. The highest BCUT2D eigenvalue weighted by Crippen LogP contribution is 2.34. The van der Waals surface area contributed by atoms with Crippen molar-refractivity contribution in [1.29, 1.82) is 0 Å². The first-order valence-electron chi connectivity index (χ1n) is 8.64. The Morgan fingerprint density at radius 1 is 1.25 bits per heavy atom. The number of rotatable bonds is 3. The number of carbonyl (C=O) groups excluding carboxylic acids is 1. The van der Waals surface area contributed by atoms with Gasteiger partial charge in [-0.1, -0.05) is 6.07 Å². The predicted octanol–water partition coefficient (Wildman–Crippen LogP) is 4.02. The number of benzene rings is 1. The Kier molecular flexibility index (Phi) is 5.03. The van der Waals surface area contributed by atoms with Gasteiger partial charge in [-0.05, 0) is 38.5 Å². The van der Waals surface area contributed by atoms with Crippen molar-refractivity contribution in [2.45, 2.75) is 45.5 Å². The number of fused-ring (bicyclic) bond motifs is 1. The third kappa shape index (κ3) is 4.23. The average molecular weight is 397 g/mol. The van der Waals surface area contributed by atoms with Crippen LogP contribution in [0.15, 0.2) is 23.2 Å². The molecular formula is C19H19F4N3O2. The second-order valence-corrected chi connectivity index (χ2v) is 7.43. The molecule has 0 radical (unpaired) electrons. The number of nitrogens with zero attached hydrogens (tertiary/aromatic N) is 3. The lowest BCUT2D eigenvalue weighted by molar-refractivity contribution is -0.138.